The van der Waals surface area contributed by atoms with Crippen LogP contribution in [0.5, 0.6) is 5.75 Å². The molecule has 0 spiro atoms. The lowest BCUT2D eigenvalue weighted by molar-refractivity contribution is -0.128. The van der Waals surface area contributed by atoms with E-state index in [0.717, 1.165) is 22.3 Å². The Labute approximate surface area is 306 Å². The van der Waals surface area contributed by atoms with Gasteiger partial charge >= 0.3 is 0 Å². The molecule has 0 saturated heterocycles. The second kappa shape index (κ2) is 16.6. The first kappa shape index (κ1) is 35.5. The highest BCUT2D eigenvalue weighted by Gasteiger charge is 2.53. The highest BCUT2D eigenvalue weighted by atomic mass is 35.5. The van der Waals surface area contributed by atoms with Crippen LogP contribution in [0.25, 0.3) is 21.6 Å². The van der Waals surface area contributed by atoms with E-state index in [1.54, 1.807) is 36.4 Å². The quantitative estimate of drug-likeness (QED) is 0.0513. The fourth-order valence-corrected chi connectivity index (χ4v) is 6.55. The zero-order valence-corrected chi connectivity index (χ0v) is 29.1. The Balaban J connectivity index is 1.41. The minimum Gasteiger partial charge on any atom is -0.494 e. The molecular weight excluding hydrogens is 685 g/mol. The highest BCUT2D eigenvalue weighted by molar-refractivity contribution is 6.35. The van der Waals surface area contributed by atoms with Gasteiger partial charge in [-0.3, -0.25) is 4.79 Å². The van der Waals surface area contributed by atoms with Crippen molar-refractivity contribution >= 4 is 40.7 Å². The number of hydrogen-bond donors (Lipinski definition) is 2. The second-order valence-electron chi connectivity index (χ2n) is 12.0. The molecule has 11 heteroatoms. The number of rotatable bonds is 14. The van der Waals surface area contributed by atoms with E-state index in [4.69, 9.17) is 42.8 Å². The van der Waals surface area contributed by atoms with Crippen molar-refractivity contribution in [3.05, 3.63) is 164 Å². The van der Waals surface area contributed by atoms with Gasteiger partial charge in [-0.15, -0.1) is 0 Å². The van der Waals surface area contributed by atoms with Crippen LogP contribution in [0, 0.1) is 0 Å². The van der Waals surface area contributed by atoms with Gasteiger partial charge in [-0.1, -0.05) is 113 Å². The molecule has 0 radical (unpaired) electrons. The van der Waals surface area contributed by atoms with E-state index in [9.17, 15) is 10.3 Å². The zero-order chi connectivity index (χ0) is 35.6. The lowest BCUT2D eigenvalue weighted by Gasteiger charge is -2.31. The Hall–Kier alpha value is -5.31. The van der Waals surface area contributed by atoms with Crippen molar-refractivity contribution in [3.8, 4) is 16.9 Å². The molecular formula is C40H35Cl2N5O4. The van der Waals surface area contributed by atoms with E-state index in [0.29, 0.717) is 52.1 Å². The average Bonchev–Trinajstić information content (AvgIpc) is 3.54. The minimum atomic E-state index is -1.51. The Morgan fingerprint density at radius 1 is 0.902 bits per heavy atom. The summed E-state index contributed by atoms with van der Waals surface area (Å²) >= 11 is 12.6. The van der Waals surface area contributed by atoms with Crippen LogP contribution >= 0.6 is 23.2 Å². The van der Waals surface area contributed by atoms with Crippen LogP contribution in [0.3, 0.4) is 0 Å². The fourth-order valence-electron chi connectivity index (χ4n) is 6.05. The molecule has 1 aliphatic rings. The molecule has 0 unspecified atom stereocenters. The van der Waals surface area contributed by atoms with Gasteiger partial charge in [0, 0.05) is 52.2 Å². The number of amides is 1. The molecule has 1 aliphatic heterocycles. The summed E-state index contributed by atoms with van der Waals surface area (Å²) in [5.41, 5.74) is 13.2. The predicted octanol–water partition coefficient (Wildman–Crippen LogP) is 9.22. The van der Waals surface area contributed by atoms with Crippen LogP contribution in [0.2, 0.25) is 10.0 Å². The van der Waals surface area contributed by atoms with Crippen LogP contribution in [0.1, 0.15) is 34.8 Å². The summed E-state index contributed by atoms with van der Waals surface area (Å²) in [6.45, 7) is 0.684. The average molecular weight is 721 g/mol. The summed E-state index contributed by atoms with van der Waals surface area (Å²) in [7, 11) is 0. The van der Waals surface area contributed by atoms with Gasteiger partial charge in [-0.2, -0.15) is 0 Å². The van der Waals surface area contributed by atoms with Gasteiger partial charge in [-0.05, 0) is 76.2 Å². The van der Waals surface area contributed by atoms with Crippen LogP contribution in [0.4, 0.5) is 5.69 Å². The number of carbonyl (C=O) groups is 1. The molecule has 5 aromatic carbocycles. The maximum atomic E-state index is 14.7. The van der Waals surface area contributed by atoms with Crippen LogP contribution < -0.4 is 10.1 Å². The number of ether oxygens (including phenoxy) is 2. The molecule has 1 heterocycles. The smallest absolute Gasteiger partial charge is 0.252 e. The normalized spacial score (nSPS) is 16.5. The summed E-state index contributed by atoms with van der Waals surface area (Å²) in [5, 5.41) is 17.2. The molecule has 2 N–H and O–H groups in total. The van der Waals surface area contributed by atoms with E-state index < -0.39 is 11.6 Å². The number of hydrogen-bond acceptors (Lipinski definition) is 6. The topological polar surface area (TPSA) is 129 Å². The molecule has 6 rings (SSSR count). The SMILES string of the molecule is [N-]=[N+]=Nc1ccccc1C[C@@]1(C(=O)NCCc2ccc(Cl)cc2Cl)N=C(c2ccc(OCCCO)cc2)O[C@@H]1c1ccc(-c2ccccc2)cc1. The van der Waals surface area contributed by atoms with E-state index in [1.165, 1.54) is 0 Å². The van der Waals surface area contributed by atoms with Crippen LogP contribution in [-0.4, -0.2) is 42.2 Å². The number of aliphatic imine (C=N–C) groups is 1. The first-order valence-corrected chi connectivity index (χ1v) is 17.3. The number of benzene rings is 5. The molecule has 0 aliphatic carbocycles. The van der Waals surface area contributed by atoms with Gasteiger partial charge in [0.2, 0.25) is 5.90 Å². The maximum absolute atomic E-state index is 14.7. The van der Waals surface area contributed by atoms with Gasteiger partial charge in [0.25, 0.3) is 5.91 Å². The molecule has 258 valence electrons. The van der Waals surface area contributed by atoms with Gasteiger partial charge in [-0.25, -0.2) is 4.99 Å². The Bertz CT molecular complexity index is 2050. The third kappa shape index (κ3) is 8.36. The number of nitrogens with one attached hydrogen (secondary N) is 1. The van der Waals surface area contributed by atoms with Crippen LogP contribution in [-0.2, 0) is 22.4 Å². The predicted molar refractivity (Wildman–Crippen MR) is 201 cm³/mol. The lowest BCUT2D eigenvalue weighted by atomic mass is 9.81. The molecule has 9 nitrogen and oxygen atoms in total. The number of aliphatic hydroxyl groups is 1. The Morgan fingerprint density at radius 3 is 2.33 bits per heavy atom. The summed E-state index contributed by atoms with van der Waals surface area (Å²) < 4.78 is 12.4. The third-order valence-corrected chi connectivity index (χ3v) is 9.24. The van der Waals surface area contributed by atoms with E-state index >= 15 is 0 Å². The van der Waals surface area contributed by atoms with Crippen molar-refractivity contribution in [2.45, 2.75) is 30.9 Å². The largest absolute Gasteiger partial charge is 0.494 e. The van der Waals surface area contributed by atoms with E-state index in [2.05, 4.69) is 15.3 Å². The van der Waals surface area contributed by atoms with Crippen molar-refractivity contribution in [2.24, 2.45) is 10.1 Å². The second-order valence-corrected chi connectivity index (χ2v) is 12.9. The third-order valence-electron chi connectivity index (χ3n) is 8.65. The lowest BCUT2D eigenvalue weighted by Crippen LogP contribution is -2.50. The first-order chi connectivity index (χ1) is 24.9. The van der Waals surface area contributed by atoms with Crippen LogP contribution in [0.15, 0.2) is 131 Å². The van der Waals surface area contributed by atoms with Crippen molar-refractivity contribution in [1.29, 1.82) is 0 Å². The Kier molecular flexibility index (Phi) is 11.6. The number of azide groups is 1. The van der Waals surface area contributed by atoms with Gasteiger partial charge in [0.05, 0.1) is 6.61 Å². The van der Waals surface area contributed by atoms with Crippen molar-refractivity contribution in [3.63, 3.8) is 0 Å². The molecule has 0 saturated carbocycles. The monoisotopic (exact) mass is 719 g/mol. The zero-order valence-electron chi connectivity index (χ0n) is 27.6. The first-order valence-electron chi connectivity index (χ1n) is 16.5. The summed E-state index contributed by atoms with van der Waals surface area (Å²) in [6, 6.07) is 37.6. The molecule has 2 atom stereocenters. The molecule has 0 aromatic heterocycles. The van der Waals surface area contributed by atoms with Crippen molar-refractivity contribution < 1.29 is 19.4 Å². The van der Waals surface area contributed by atoms with Crippen molar-refractivity contribution in [1.82, 2.24) is 5.32 Å². The summed E-state index contributed by atoms with van der Waals surface area (Å²) in [6.07, 6.45) is 0.198. The number of halogens is 2. The molecule has 1 amide bonds. The minimum absolute atomic E-state index is 0.0378. The van der Waals surface area contributed by atoms with E-state index in [1.807, 2.05) is 84.9 Å². The van der Waals surface area contributed by atoms with Gasteiger partial charge < -0.3 is 19.9 Å². The van der Waals surface area contributed by atoms with Crippen molar-refractivity contribution in [2.75, 3.05) is 19.8 Å². The summed E-state index contributed by atoms with van der Waals surface area (Å²) in [5.74, 6) is 0.553. The van der Waals surface area contributed by atoms with E-state index in [-0.39, 0.29) is 31.4 Å². The molecule has 0 fully saturated rings. The van der Waals surface area contributed by atoms with Gasteiger partial charge in [0.15, 0.2) is 11.6 Å². The molecule has 5 aromatic rings. The standard InChI is InChI=1S/C40H35Cl2N5O4/c41-33-18-15-29(35(42)25-33)21-22-44-39(49)40(26-32-9-4-5-10-36(32)46-47-43)37(30-13-11-28(12-14-30)27-7-2-1-3-8-27)51-38(45-40)31-16-19-34(20-17-31)50-24-6-23-48/h1-5,7-20,25,37,48H,6,21-24,26H2,(H,44,49)/t37-,40-/m1/s1. The number of carbonyl (C=O) groups excluding carboxylic acids is 1. The summed E-state index contributed by atoms with van der Waals surface area (Å²) in [4.78, 5) is 22.9. The number of nitrogens with zero attached hydrogens (tertiary/aromatic N) is 4. The van der Waals surface area contributed by atoms with Gasteiger partial charge in [0.1, 0.15) is 5.75 Å². The number of aliphatic hydroxyl groups excluding tert-OH is 1. The fraction of sp³-hybridized carbons (Fsp3) is 0.200. The maximum Gasteiger partial charge on any atom is 0.252 e. The Morgan fingerprint density at radius 2 is 1.61 bits per heavy atom. The highest BCUT2D eigenvalue weighted by Crippen LogP contribution is 2.44. The molecule has 0 bridgehead atoms. The molecule has 51 heavy (non-hydrogen) atoms.